The van der Waals surface area contributed by atoms with Gasteiger partial charge < -0.3 is 9.84 Å². The highest BCUT2D eigenvalue weighted by atomic mass is 79.9. The van der Waals surface area contributed by atoms with E-state index < -0.39 is 6.10 Å². The van der Waals surface area contributed by atoms with E-state index >= 15 is 0 Å². The van der Waals surface area contributed by atoms with Crippen LogP contribution in [0.15, 0.2) is 22.7 Å². The summed E-state index contributed by atoms with van der Waals surface area (Å²) in [5, 5.41) is 9.29. The maximum absolute atomic E-state index is 9.29. The lowest BCUT2D eigenvalue weighted by molar-refractivity contribution is 0.0600. The van der Waals surface area contributed by atoms with Gasteiger partial charge in [0.15, 0.2) is 0 Å². The Kier molecular flexibility index (Phi) is 3.96. The molecule has 1 aromatic rings. The number of ether oxygens (including phenoxy) is 1. The molecule has 2 nitrogen and oxygen atoms in total. The molecule has 0 saturated heterocycles. The fourth-order valence-corrected chi connectivity index (χ4v) is 1.52. The molecule has 1 N–H and O–H groups in total. The summed E-state index contributed by atoms with van der Waals surface area (Å²) in [4.78, 5) is 0. The van der Waals surface area contributed by atoms with Crippen LogP contribution in [-0.4, -0.2) is 17.3 Å². The molecule has 0 aliphatic rings. The highest BCUT2D eigenvalue weighted by molar-refractivity contribution is 9.10. The van der Waals surface area contributed by atoms with Gasteiger partial charge in [-0.25, -0.2) is 0 Å². The van der Waals surface area contributed by atoms with Gasteiger partial charge in [0, 0.05) is 4.47 Å². The Labute approximate surface area is 93.0 Å². The number of hydrogen-bond donors (Lipinski definition) is 1. The minimum atomic E-state index is -0.460. The molecule has 0 amide bonds. The van der Waals surface area contributed by atoms with Crippen molar-refractivity contribution in [3.8, 4) is 5.75 Å². The summed E-state index contributed by atoms with van der Waals surface area (Å²) in [5.74, 6) is 0.821. The van der Waals surface area contributed by atoms with Crippen molar-refractivity contribution >= 4 is 15.9 Å². The van der Waals surface area contributed by atoms with Gasteiger partial charge in [0.1, 0.15) is 11.9 Å². The molecule has 14 heavy (non-hydrogen) atoms. The average Bonchev–Trinajstić information content (AvgIpc) is 2.09. The Morgan fingerprint density at radius 1 is 1.36 bits per heavy atom. The molecule has 0 bridgehead atoms. The fraction of sp³-hybridized carbons (Fsp3) is 0.455. The normalized spacial score (nSPS) is 14.9. The minimum Gasteiger partial charge on any atom is -0.488 e. The van der Waals surface area contributed by atoms with Crippen LogP contribution in [-0.2, 0) is 0 Å². The number of halogens is 1. The lowest BCUT2D eigenvalue weighted by Gasteiger charge is -2.18. The molecule has 3 heteroatoms. The van der Waals surface area contributed by atoms with Crippen LogP contribution >= 0.6 is 15.9 Å². The average molecular weight is 259 g/mol. The monoisotopic (exact) mass is 258 g/mol. The molecule has 0 spiro atoms. The molecule has 0 aliphatic carbocycles. The maximum Gasteiger partial charge on any atom is 0.122 e. The van der Waals surface area contributed by atoms with Crippen molar-refractivity contribution in [3.05, 3.63) is 28.2 Å². The molecule has 1 rings (SSSR count). The van der Waals surface area contributed by atoms with Gasteiger partial charge in [-0.2, -0.15) is 0 Å². The van der Waals surface area contributed by atoms with Crippen LogP contribution in [0.25, 0.3) is 0 Å². The van der Waals surface area contributed by atoms with Gasteiger partial charge in [-0.15, -0.1) is 0 Å². The smallest absolute Gasteiger partial charge is 0.122 e. The number of benzene rings is 1. The van der Waals surface area contributed by atoms with Gasteiger partial charge in [-0.3, -0.25) is 0 Å². The third kappa shape index (κ3) is 3.00. The first-order valence-corrected chi connectivity index (χ1v) is 5.41. The molecule has 0 aromatic heterocycles. The van der Waals surface area contributed by atoms with Crippen LogP contribution in [0, 0.1) is 6.92 Å². The predicted molar refractivity (Wildman–Crippen MR) is 60.6 cm³/mol. The molecule has 0 heterocycles. The Balaban J connectivity index is 2.77. The van der Waals surface area contributed by atoms with E-state index in [2.05, 4.69) is 15.9 Å². The molecule has 1 aromatic carbocycles. The zero-order chi connectivity index (χ0) is 10.7. The number of aliphatic hydroxyl groups excluding tert-OH is 1. The summed E-state index contributed by atoms with van der Waals surface area (Å²) in [6.45, 7) is 5.56. The van der Waals surface area contributed by atoms with Crippen molar-refractivity contribution < 1.29 is 9.84 Å². The van der Waals surface area contributed by atoms with Gasteiger partial charge >= 0.3 is 0 Å². The first kappa shape index (κ1) is 11.5. The summed E-state index contributed by atoms with van der Waals surface area (Å²) in [7, 11) is 0. The van der Waals surface area contributed by atoms with Crippen molar-refractivity contribution in [2.75, 3.05) is 0 Å². The highest BCUT2D eigenvalue weighted by Crippen LogP contribution is 2.23. The molecule has 78 valence electrons. The van der Waals surface area contributed by atoms with Crippen LogP contribution in [0.3, 0.4) is 0 Å². The summed E-state index contributed by atoms with van der Waals surface area (Å²) < 4.78 is 6.62. The molecule has 0 saturated carbocycles. The summed E-state index contributed by atoms with van der Waals surface area (Å²) in [6, 6.07) is 5.82. The third-order valence-corrected chi connectivity index (χ3v) is 2.62. The van der Waals surface area contributed by atoms with Gasteiger partial charge in [0.25, 0.3) is 0 Å². The zero-order valence-corrected chi connectivity index (χ0v) is 10.2. The topological polar surface area (TPSA) is 29.5 Å². The van der Waals surface area contributed by atoms with Crippen LogP contribution in [0.1, 0.15) is 19.4 Å². The van der Waals surface area contributed by atoms with Crippen molar-refractivity contribution in [2.24, 2.45) is 0 Å². The Bertz CT molecular complexity index is 310. The third-order valence-electron chi connectivity index (χ3n) is 2.13. The largest absolute Gasteiger partial charge is 0.488 e. The van der Waals surface area contributed by atoms with Gasteiger partial charge in [-0.1, -0.05) is 15.9 Å². The van der Waals surface area contributed by atoms with Gasteiger partial charge in [0.2, 0.25) is 0 Å². The standard InChI is InChI=1S/C11H15BrO2/c1-7-6-10(12)4-5-11(7)14-9(3)8(2)13/h4-6,8-9,13H,1-3H3. The van der Waals surface area contributed by atoms with E-state index in [1.165, 1.54) is 0 Å². The highest BCUT2D eigenvalue weighted by Gasteiger charge is 2.11. The second-order valence-electron chi connectivity index (χ2n) is 3.47. The second-order valence-corrected chi connectivity index (χ2v) is 4.39. The van der Waals surface area contributed by atoms with Crippen molar-refractivity contribution in [3.63, 3.8) is 0 Å². The molecule has 0 fully saturated rings. The number of aryl methyl sites for hydroxylation is 1. The minimum absolute atomic E-state index is 0.185. The quantitative estimate of drug-likeness (QED) is 0.904. The van der Waals surface area contributed by atoms with E-state index in [9.17, 15) is 5.11 Å². The van der Waals surface area contributed by atoms with E-state index in [4.69, 9.17) is 4.74 Å². The lowest BCUT2D eigenvalue weighted by Crippen LogP contribution is -2.25. The van der Waals surface area contributed by atoms with Crippen LogP contribution in [0.4, 0.5) is 0 Å². The van der Waals surface area contributed by atoms with Crippen LogP contribution in [0.2, 0.25) is 0 Å². The van der Waals surface area contributed by atoms with Crippen molar-refractivity contribution in [2.45, 2.75) is 33.0 Å². The molecular weight excluding hydrogens is 244 g/mol. The summed E-state index contributed by atoms with van der Waals surface area (Å²) in [6.07, 6.45) is -0.645. The van der Waals surface area contributed by atoms with Crippen LogP contribution in [0.5, 0.6) is 5.75 Å². The molecule has 2 atom stereocenters. The van der Waals surface area contributed by atoms with Crippen molar-refractivity contribution in [1.29, 1.82) is 0 Å². The Morgan fingerprint density at radius 2 is 2.00 bits per heavy atom. The first-order valence-electron chi connectivity index (χ1n) is 4.61. The van der Waals surface area contributed by atoms with Gasteiger partial charge in [0.05, 0.1) is 6.10 Å². The Morgan fingerprint density at radius 3 is 2.50 bits per heavy atom. The molecule has 0 aliphatic heterocycles. The van der Waals surface area contributed by atoms with E-state index in [-0.39, 0.29) is 6.10 Å². The molecule has 2 unspecified atom stereocenters. The van der Waals surface area contributed by atoms with Crippen LogP contribution < -0.4 is 4.74 Å². The fourth-order valence-electron chi connectivity index (χ4n) is 1.04. The summed E-state index contributed by atoms with van der Waals surface area (Å²) >= 11 is 3.39. The van der Waals surface area contributed by atoms with E-state index in [1.807, 2.05) is 32.0 Å². The van der Waals surface area contributed by atoms with Crippen molar-refractivity contribution in [1.82, 2.24) is 0 Å². The SMILES string of the molecule is Cc1cc(Br)ccc1OC(C)C(C)O. The number of aliphatic hydroxyl groups is 1. The second kappa shape index (κ2) is 4.80. The number of hydrogen-bond acceptors (Lipinski definition) is 2. The zero-order valence-electron chi connectivity index (χ0n) is 8.62. The predicted octanol–water partition coefficient (Wildman–Crippen LogP) is 2.91. The number of rotatable bonds is 3. The van der Waals surface area contributed by atoms with E-state index in [0.717, 1.165) is 15.8 Å². The van der Waals surface area contributed by atoms with E-state index in [1.54, 1.807) is 6.92 Å². The molecular formula is C11H15BrO2. The van der Waals surface area contributed by atoms with E-state index in [0.29, 0.717) is 0 Å². The lowest BCUT2D eigenvalue weighted by atomic mass is 10.2. The van der Waals surface area contributed by atoms with Gasteiger partial charge in [-0.05, 0) is 44.5 Å². The summed E-state index contributed by atoms with van der Waals surface area (Å²) in [5.41, 5.74) is 1.06. The maximum atomic E-state index is 9.29. The molecule has 0 radical (unpaired) electrons. The first-order chi connectivity index (χ1) is 6.50. The Hall–Kier alpha value is -0.540.